The second kappa shape index (κ2) is 6.50. The number of Topliss-reactive ketones (excluding diaryl/α,β-unsaturated/α-hetero) is 1. The SMILES string of the molecule is CCOC(=O)C1CCN(c2cc(C(C)=O)ccn2)CC1. The van der Waals surface area contributed by atoms with E-state index >= 15 is 0 Å². The maximum Gasteiger partial charge on any atom is 0.309 e. The first kappa shape index (κ1) is 14.5. The molecule has 5 heteroatoms. The molecule has 1 fully saturated rings. The Hall–Kier alpha value is -1.91. The summed E-state index contributed by atoms with van der Waals surface area (Å²) in [6.07, 6.45) is 3.19. The molecule has 2 heterocycles. The molecule has 0 bridgehead atoms. The van der Waals surface area contributed by atoms with Crippen molar-refractivity contribution in [2.45, 2.75) is 26.7 Å². The summed E-state index contributed by atoms with van der Waals surface area (Å²) in [7, 11) is 0. The van der Waals surface area contributed by atoms with Gasteiger partial charge in [-0.15, -0.1) is 0 Å². The van der Waals surface area contributed by atoms with E-state index < -0.39 is 0 Å². The highest BCUT2D eigenvalue weighted by atomic mass is 16.5. The Morgan fingerprint density at radius 3 is 2.70 bits per heavy atom. The molecular weight excluding hydrogens is 256 g/mol. The molecule has 1 aliphatic heterocycles. The summed E-state index contributed by atoms with van der Waals surface area (Å²) in [5.41, 5.74) is 0.669. The van der Waals surface area contributed by atoms with Crippen LogP contribution in [0.3, 0.4) is 0 Å². The Labute approximate surface area is 118 Å². The summed E-state index contributed by atoms with van der Waals surface area (Å²) >= 11 is 0. The molecule has 0 aromatic carbocycles. The third-order valence-corrected chi connectivity index (χ3v) is 3.59. The van der Waals surface area contributed by atoms with E-state index in [1.165, 1.54) is 0 Å². The van der Waals surface area contributed by atoms with Crippen LogP contribution in [0.5, 0.6) is 0 Å². The zero-order valence-corrected chi connectivity index (χ0v) is 12.0. The van der Waals surface area contributed by atoms with Crippen LogP contribution < -0.4 is 4.90 Å². The van der Waals surface area contributed by atoms with Crippen molar-refractivity contribution in [3.63, 3.8) is 0 Å². The van der Waals surface area contributed by atoms with Gasteiger partial charge >= 0.3 is 5.97 Å². The monoisotopic (exact) mass is 276 g/mol. The summed E-state index contributed by atoms with van der Waals surface area (Å²) < 4.78 is 5.06. The van der Waals surface area contributed by atoms with E-state index in [0.717, 1.165) is 31.7 Å². The van der Waals surface area contributed by atoms with Gasteiger partial charge in [0.2, 0.25) is 0 Å². The van der Waals surface area contributed by atoms with Crippen LogP contribution in [-0.4, -0.2) is 36.4 Å². The second-order valence-corrected chi connectivity index (χ2v) is 4.97. The number of carbonyl (C=O) groups is 2. The Kier molecular flexibility index (Phi) is 4.71. The third kappa shape index (κ3) is 3.35. The van der Waals surface area contributed by atoms with Gasteiger partial charge in [0.05, 0.1) is 12.5 Å². The number of hydrogen-bond donors (Lipinski definition) is 0. The molecule has 0 radical (unpaired) electrons. The fourth-order valence-electron chi connectivity index (χ4n) is 2.41. The number of carbonyl (C=O) groups excluding carboxylic acids is 2. The highest BCUT2D eigenvalue weighted by Gasteiger charge is 2.26. The minimum absolute atomic E-state index is 0.0119. The van der Waals surface area contributed by atoms with Crippen LogP contribution in [0, 0.1) is 5.92 Å². The van der Waals surface area contributed by atoms with Gasteiger partial charge in [0.1, 0.15) is 5.82 Å². The summed E-state index contributed by atoms with van der Waals surface area (Å²) in [5, 5.41) is 0. The van der Waals surface area contributed by atoms with Crippen LogP contribution in [0.4, 0.5) is 5.82 Å². The molecule has 1 aliphatic rings. The number of ketones is 1. The molecule has 0 unspecified atom stereocenters. The lowest BCUT2D eigenvalue weighted by molar-refractivity contribution is -0.148. The lowest BCUT2D eigenvalue weighted by Gasteiger charge is -2.31. The third-order valence-electron chi connectivity index (χ3n) is 3.59. The van der Waals surface area contributed by atoms with Crippen LogP contribution >= 0.6 is 0 Å². The fourth-order valence-corrected chi connectivity index (χ4v) is 2.41. The molecule has 2 rings (SSSR count). The number of nitrogens with zero attached hydrogens (tertiary/aromatic N) is 2. The standard InChI is InChI=1S/C15H20N2O3/c1-3-20-15(19)12-5-8-17(9-6-12)14-10-13(11(2)18)4-7-16-14/h4,7,10,12H,3,5-6,8-9H2,1-2H3. The van der Waals surface area contributed by atoms with Gasteiger partial charge in [-0.1, -0.05) is 0 Å². The van der Waals surface area contributed by atoms with E-state index in [9.17, 15) is 9.59 Å². The van der Waals surface area contributed by atoms with Gasteiger partial charge in [-0.2, -0.15) is 0 Å². The first-order valence-corrected chi connectivity index (χ1v) is 7.00. The normalized spacial score (nSPS) is 16.0. The topological polar surface area (TPSA) is 59.5 Å². The van der Waals surface area contributed by atoms with Gasteiger partial charge in [-0.05, 0) is 38.8 Å². The number of hydrogen-bond acceptors (Lipinski definition) is 5. The molecule has 0 atom stereocenters. The minimum Gasteiger partial charge on any atom is -0.466 e. The summed E-state index contributed by atoms with van der Waals surface area (Å²) in [5.74, 6) is 0.731. The zero-order valence-electron chi connectivity index (χ0n) is 12.0. The molecule has 20 heavy (non-hydrogen) atoms. The van der Waals surface area contributed by atoms with Gasteiger partial charge in [-0.3, -0.25) is 9.59 Å². The zero-order chi connectivity index (χ0) is 14.5. The lowest BCUT2D eigenvalue weighted by atomic mass is 9.97. The molecule has 1 saturated heterocycles. The Balaban J connectivity index is 1.98. The first-order valence-electron chi connectivity index (χ1n) is 7.00. The molecule has 5 nitrogen and oxygen atoms in total. The van der Waals surface area contributed by atoms with Crippen molar-refractivity contribution in [3.05, 3.63) is 23.9 Å². The van der Waals surface area contributed by atoms with Crippen molar-refractivity contribution in [1.82, 2.24) is 4.98 Å². The van der Waals surface area contributed by atoms with Gasteiger partial charge in [0, 0.05) is 24.8 Å². The maximum absolute atomic E-state index is 11.7. The highest BCUT2D eigenvalue weighted by Crippen LogP contribution is 2.23. The Morgan fingerprint density at radius 2 is 2.10 bits per heavy atom. The predicted molar refractivity (Wildman–Crippen MR) is 75.8 cm³/mol. The number of piperidine rings is 1. The first-order chi connectivity index (χ1) is 9.61. The molecule has 0 saturated carbocycles. The molecule has 0 N–H and O–H groups in total. The average molecular weight is 276 g/mol. The second-order valence-electron chi connectivity index (χ2n) is 4.97. The summed E-state index contributed by atoms with van der Waals surface area (Å²) in [6.45, 7) is 5.33. The van der Waals surface area contributed by atoms with Gasteiger partial charge in [-0.25, -0.2) is 4.98 Å². The maximum atomic E-state index is 11.7. The molecular formula is C15H20N2O3. The van der Waals surface area contributed by atoms with Crippen molar-refractivity contribution in [3.8, 4) is 0 Å². The van der Waals surface area contributed by atoms with Crippen molar-refractivity contribution in [2.24, 2.45) is 5.92 Å². The summed E-state index contributed by atoms with van der Waals surface area (Å²) in [6, 6.07) is 3.53. The predicted octanol–water partition coefficient (Wildman–Crippen LogP) is 2.06. The number of ether oxygens (including phenoxy) is 1. The van der Waals surface area contributed by atoms with Crippen molar-refractivity contribution in [1.29, 1.82) is 0 Å². The number of pyridine rings is 1. The number of anilines is 1. The molecule has 0 spiro atoms. The van der Waals surface area contributed by atoms with Crippen molar-refractivity contribution in [2.75, 3.05) is 24.6 Å². The number of esters is 1. The van der Waals surface area contributed by atoms with Crippen molar-refractivity contribution >= 4 is 17.6 Å². The molecule has 1 aromatic heterocycles. The van der Waals surface area contributed by atoms with Crippen LogP contribution in [0.25, 0.3) is 0 Å². The van der Waals surface area contributed by atoms with E-state index in [4.69, 9.17) is 4.74 Å². The van der Waals surface area contributed by atoms with E-state index in [1.54, 1.807) is 19.2 Å². The van der Waals surface area contributed by atoms with E-state index in [0.29, 0.717) is 12.2 Å². The number of aromatic nitrogens is 1. The van der Waals surface area contributed by atoms with Gasteiger partial charge < -0.3 is 9.64 Å². The Morgan fingerprint density at radius 1 is 1.40 bits per heavy atom. The van der Waals surface area contributed by atoms with Crippen molar-refractivity contribution < 1.29 is 14.3 Å². The Bertz CT molecular complexity index is 494. The number of rotatable bonds is 4. The molecule has 0 aliphatic carbocycles. The fraction of sp³-hybridized carbons (Fsp3) is 0.533. The van der Waals surface area contributed by atoms with E-state index in [2.05, 4.69) is 9.88 Å². The van der Waals surface area contributed by atoms with Crippen LogP contribution in [0.1, 0.15) is 37.0 Å². The van der Waals surface area contributed by atoms with E-state index in [1.807, 2.05) is 13.0 Å². The van der Waals surface area contributed by atoms with Crippen LogP contribution in [0.2, 0.25) is 0 Å². The van der Waals surface area contributed by atoms with E-state index in [-0.39, 0.29) is 17.7 Å². The van der Waals surface area contributed by atoms with Crippen LogP contribution in [-0.2, 0) is 9.53 Å². The largest absolute Gasteiger partial charge is 0.466 e. The highest BCUT2D eigenvalue weighted by molar-refractivity contribution is 5.94. The smallest absolute Gasteiger partial charge is 0.309 e. The van der Waals surface area contributed by atoms with Gasteiger partial charge in [0.15, 0.2) is 5.78 Å². The quantitative estimate of drug-likeness (QED) is 0.622. The average Bonchev–Trinajstić information content (AvgIpc) is 2.48. The minimum atomic E-state index is -0.0994. The molecule has 0 amide bonds. The lowest BCUT2D eigenvalue weighted by Crippen LogP contribution is -2.37. The van der Waals surface area contributed by atoms with Crippen LogP contribution in [0.15, 0.2) is 18.3 Å². The molecule has 108 valence electrons. The summed E-state index contributed by atoms with van der Waals surface area (Å²) in [4.78, 5) is 29.5. The molecule has 1 aromatic rings. The van der Waals surface area contributed by atoms with Gasteiger partial charge in [0.25, 0.3) is 0 Å².